The van der Waals surface area contributed by atoms with Crippen LogP contribution in [-0.2, 0) is 9.53 Å². The standard InChI is InChI=1S/C11H11F2NO3/c1-16-10(15)6-7-14-8-4-2-3-5-9(8)17-11(12)13/h2-7,11,14H,1H3/b7-6+. The lowest BCUT2D eigenvalue weighted by atomic mass is 10.3. The minimum Gasteiger partial charge on any atom is -0.466 e. The third-order valence-corrected chi connectivity index (χ3v) is 1.76. The highest BCUT2D eigenvalue weighted by Gasteiger charge is 2.07. The van der Waals surface area contributed by atoms with Gasteiger partial charge in [0.05, 0.1) is 12.8 Å². The molecule has 1 aromatic carbocycles. The van der Waals surface area contributed by atoms with Crippen molar-refractivity contribution in [2.24, 2.45) is 0 Å². The van der Waals surface area contributed by atoms with E-state index in [0.717, 1.165) is 6.08 Å². The molecule has 0 fully saturated rings. The fraction of sp³-hybridized carbons (Fsp3) is 0.182. The first-order valence-corrected chi connectivity index (χ1v) is 4.68. The van der Waals surface area contributed by atoms with E-state index >= 15 is 0 Å². The Labute approximate surface area is 96.8 Å². The number of methoxy groups -OCH3 is 1. The molecule has 0 unspecified atom stereocenters. The molecule has 1 aromatic rings. The second kappa shape index (κ2) is 6.47. The SMILES string of the molecule is COC(=O)/C=C/Nc1ccccc1OC(F)F. The van der Waals surface area contributed by atoms with Crippen molar-refractivity contribution < 1.29 is 23.0 Å². The maximum absolute atomic E-state index is 12.1. The number of hydrogen-bond donors (Lipinski definition) is 1. The lowest BCUT2D eigenvalue weighted by molar-refractivity contribution is -0.134. The zero-order chi connectivity index (χ0) is 12.7. The first kappa shape index (κ1) is 13.0. The van der Waals surface area contributed by atoms with Crippen molar-refractivity contribution in [3.63, 3.8) is 0 Å². The molecule has 1 N–H and O–H groups in total. The number of benzene rings is 1. The lowest BCUT2D eigenvalue weighted by Crippen LogP contribution is -2.04. The van der Waals surface area contributed by atoms with Gasteiger partial charge in [-0.2, -0.15) is 8.78 Å². The maximum Gasteiger partial charge on any atom is 0.387 e. The number of ether oxygens (including phenoxy) is 2. The molecule has 17 heavy (non-hydrogen) atoms. The molecule has 0 aliphatic rings. The van der Waals surface area contributed by atoms with Gasteiger partial charge in [-0.15, -0.1) is 0 Å². The minimum absolute atomic E-state index is 0.00276. The number of hydrogen-bond acceptors (Lipinski definition) is 4. The predicted molar refractivity (Wildman–Crippen MR) is 57.9 cm³/mol. The number of rotatable bonds is 5. The van der Waals surface area contributed by atoms with Crippen LogP contribution in [0.1, 0.15) is 0 Å². The van der Waals surface area contributed by atoms with Gasteiger partial charge in [0, 0.05) is 12.3 Å². The van der Waals surface area contributed by atoms with Crippen LogP contribution in [0.3, 0.4) is 0 Å². The Hall–Kier alpha value is -2.11. The molecule has 0 amide bonds. The summed E-state index contributed by atoms with van der Waals surface area (Å²) in [6.07, 6.45) is 2.40. The van der Waals surface area contributed by atoms with E-state index in [1.165, 1.54) is 19.4 Å². The first-order chi connectivity index (χ1) is 8.13. The van der Waals surface area contributed by atoms with Gasteiger partial charge >= 0.3 is 12.6 Å². The number of carbonyl (C=O) groups excluding carboxylic acids is 1. The largest absolute Gasteiger partial charge is 0.466 e. The molecule has 0 saturated heterocycles. The van der Waals surface area contributed by atoms with Crippen LogP contribution in [0.2, 0.25) is 0 Å². The predicted octanol–water partition coefficient (Wildman–Crippen LogP) is 2.39. The van der Waals surface area contributed by atoms with Crippen molar-refractivity contribution >= 4 is 11.7 Å². The molecule has 92 valence electrons. The van der Waals surface area contributed by atoms with E-state index in [4.69, 9.17) is 0 Å². The Balaban J connectivity index is 2.70. The number of esters is 1. The monoisotopic (exact) mass is 243 g/mol. The van der Waals surface area contributed by atoms with E-state index in [2.05, 4.69) is 14.8 Å². The zero-order valence-corrected chi connectivity index (χ0v) is 9.02. The third kappa shape index (κ3) is 4.50. The molecule has 0 saturated carbocycles. The summed E-state index contributed by atoms with van der Waals surface area (Å²) in [6.45, 7) is -2.90. The molecule has 0 aliphatic heterocycles. The minimum atomic E-state index is -2.90. The Morgan fingerprint density at radius 2 is 2.12 bits per heavy atom. The van der Waals surface area contributed by atoms with E-state index in [1.807, 2.05) is 0 Å². The van der Waals surface area contributed by atoms with Gasteiger partial charge in [-0.05, 0) is 12.1 Å². The summed E-state index contributed by atoms with van der Waals surface area (Å²) in [5, 5.41) is 2.64. The van der Waals surface area contributed by atoms with E-state index in [1.54, 1.807) is 18.2 Å². The molecule has 0 radical (unpaired) electrons. The van der Waals surface area contributed by atoms with Crippen molar-refractivity contribution in [2.75, 3.05) is 12.4 Å². The Morgan fingerprint density at radius 1 is 1.41 bits per heavy atom. The molecule has 6 heteroatoms. The first-order valence-electron chi connectivity index (χ1n) is 4.68. The molecular formula is C11H11F2NO3. The van der Waals surface area contributed by atoms with Crippen LogP contribution in [-0.4, -0.2) is 19.7 Å². The quantitative estimate of drug-likeness (QED) is 0.637. The lowest BCUT2D eigenvalue weighted by Gasteiger charge is -2.09. The van der Waals surface area contributed by atoms with Gasteiger partial charge in [0.15, 0.2) is 0 Å². The summed E-state index contributed by atoms with van der Waals surface area (Å²) in [4.78, 5) is 10.8. The van der Waals surface area contributed by atoms with Crippen LogP contribution in [0, 0.1) is 0 Å². The molecule has 0 spiro atoms. The molecule has 4 nitrogen and oxygen atoms in total. The van der Waals surface area contributed by atoms with E-state index in [-0.39, 0.29) is 5.75 Å². The smallest absolute Gasteiger partial charge is 0.387 e. The number of carbonyl (C=O) groups is 1. The zero-order valence-electron chi connectivity index (χ0n) is 9.02. The Kier molecular flexibility index (Phi) is 4.93. The molecular weight excluding hydrogens is 232 g/mol. The highest BCUT2D eigenvalue weighted by molar-refractivity contribution is 5.82. The number of alkyl halides is 2. The molecule has 1 rings (SSSR count). The summed E-state index contributed by atoms with van der Waals surface area (Å²) in [5.74, 6) is -0.554. The molecule has 0 atom stereocenters. The van der Waals surface area contributed by atoms with Gasteiger partial charge in [-0.3, -0.25) is 0 Å². The van der Waals surface area contributed by atoms with Gasteiger partial charge in [-0.25, -0.2) is 4.79 Å². The summed E-state index contributed by atoms with van der Waals surface area (Å²) in [6, 6.07) is 6.14. The van der Waals surface area contributed by atoms with Crippen LogP contribution in [0.15, 0.2) is 36.5 Å². The fourth-order valence-electron chi connectivity index (χ4n) is 1.05. The fourth-order valence-corrected chi connectivity index (χ4v) is 1.05. The van der Waals surface area contributed by atoms with Gasteiger partial charge < -0.3 is 14.8 Å². The summed E-state index contributed by atoms with van der Waals surface area (Å²) in [7, 11) is 1.24. The summed E-state index contributed by atoms with van der Waals surface area (Å²) in [5.41, 5.74) is 0.327. The Bertz CT molecular complexity index is 407. The van der Waals surface area contributed by atoms with E-state index in [9.17, 15) is 13.6 Å². The highest BCUT2D eigenvalue weighted by Crippen LogP contribution is 2.25. The topological polar surface area (TPSA) is 47.6 Å². The van der Waals surface area contributed by atoms with Crippen LogP contribution >= 0.6 is 0 Å². The second-order valence-electron chi connectivity index (χ2n) is 2.88. The average molecular weight is 243 g/mol. The second-order valence-corrected chi connectivity index (χ2v) is 2.88. The van der Waals surface area contributed by atoms with Crippen LogP contribution in [0.5, 0.6) is 5.75 Å². The van der Waals surface area contributed by atoms with Crippen molar-refractivity contribution in [1.82, 2.24) is 0 Å². The molecule has 0 aromatic heterocycles. The van der Waals surface area contributed by atoms with Gasteiger partial charge in [0.1, 0.15) is 5.75 Å². The van der Waals surface area contributed by atoms with Crippen molar-refractivity contribution in [3.05, 3.63) is 36.5 Å². The molecule has 0 aliphatic carbocycles. The van der Waals surface area contributed by atoms with Crippen molar-refractivity contribution in [1.29, 1.82) is 0 Å². The number of para-hydroxylation sites is 2. The van der Waals surface area contributed by atoms with Crippen molar-refractivity contribution in [2.45, 2.75) is 6.61 Å². The van der Waals surface area contributed by atoms with Gasteiger partial charge in [0.2, 0.25) is 0 Å². The summed E-state index contributed by atoms with van der Waals surface area (Å²) >= 11 is 0. The highest BCUT2D eigenvalue weighted by atomic mass is 19.3. The molecule has 0 bridgehead atoms. The Morgan fingerprint density at radius 3 is 2.76 bits per heavy atom. The number of halogens is 2. The average Bonchev–Trinajstić information content (AvgIpc) is 2.30. The number of anilines is 1. The summed E-state index contributed by atoms with van der Waals surface area (Å²) < 4.78 is 32.8. The van der Waals surface area contributed by atoms with E-state index < -0.39 is 12.6 Å². The van der Waals surface area contributed by atoms with Crippen molar-refractivity contribution in [3.8, 4) is 5.75 Å². The van der Waals surface area contributed by atoms with Gasteiger partial charge in [-0.1, -0.05) is 12.1 Å². The van der Waals surface area contributed by atoms with Crippen LogP contribution < -0.4 is 10.1 Å². The normalized spacial score (nSPS) is 10.6. The third-order valence-electron chi connectivity index (χ3n) is 1.76. The maximum atomic E-state index is 12.1. The molecule has 0 heterocycles. The van der Waals surface area contributed by atoms with Gasteiger partial charge in [0.25, 0.3) is 0 Å². The number of nitrogens with one attached hydrogen (secondary N) is 1. The van der Waals surface area contributed by atoms with E-state index in [0.29, 0.717) is 5.69 Å². The van der Waals surface area contributed by atoms with Crippen LogP contribution in [0.25, 0.3) is 0 Å². The van der Waals surface area contributed by atoms with Crippen LogP contribution in [0.4, 0.5) is 14.5 Å².